The molecular formula is C18H19N3O4S. The van der Waals surface area contributed by atoms with Crippen molar-refractivity contribution < 1.29 is 19.0 Å². The number of amides is 1. The highest BCUT2D eigenvalue weighted by Gasteiger charge is 2.27. The molecule has 0 bridgehead atoms. The van der Waals surface area contributed by atoms with Gasteiger partial charge in [0.1, 0.15) is 12.4 Å². The number of methoxy groups -OCH3 is 1. The van der Waals surface area contributed by atoms with Crippen LogP contribution in [-0.2, 0) is 11.3 Å². The number of thiocarbonyl (C=S) groups is 1. The second-order valence-electron chi connectivity index (χ2n) is 5.51. The number of rotatable bonds is 4. The Morgan fingerprint density at radius 1 is 1.15 bits per heavy atom. The lowest BCUT2D eigenvalue weighted by Crippen LogP contribution is -2.53. The molecule has 0 saturated carbocycles. The summed E-state index contributed by atoms with van der Waals surface area (Å²) in [7, 11) is 1.62. The standard InChI is InChI=1S/C18H19N3O4S/c1-23-13-8-6-12(7-9-13)10-19-18(26)21-20-17(22)16-11-24-14-4-2-3-5-15(14)25-16/h2-9,16H,10-11H2,1H3,(H,20,22)(H2,19,21,26). The van der Waals surface area contributed by atoms with Gasteiger partial charge in [-0.1, -0.05) is 24.3 Å². The zero-order valence-corrected chi connectivity index (χ0v) is 15.0. The van der Waals surface area contributed by atoms with Gasteiger partial charge < -0.3 is 19.5 Å². The van der Waals surface area contributed by atoms with Gasteiger partial charge in [-0.2, -0.15) is 0 Å². The number of hydrazine groups is 1. The van der Waals surface area contributed by atoms with Gasteiger partial charge in [0.05, 0.1) is 7.11 Å². The first-order chi connectivity index (χ1) is 12.7. The maximum Gasteiger partial charge on any atom is 0.283 e. The van der Waals surface area contributed by atoms with E-state index < -0.39 is 6.10 Å². The summed E-state index contributed by atoms with van der Waals surface area (Å²) in [6.07, 6.45) is -0.748. The van der Waals surface area contributed by atoms with E-state index in [-0.39, 0.29) is 12.5 Å². The average molecular weight is 373 g/mol. The summed E-state index contributed by atoms with van der Waals surface area (Å²) in [4.78, 5) is 12.2. The molecule has 8 heteroatoms. The lowest BCUT2D eigenvalue weighted by atomic mass is 10.2. The molecule has 0 spiro atoms. The van der Waals surface area contributed by atoms with Crippen LogP contribution in [-0.4, -0.2) is 30.8 Å². The van der Waals surface area contributed by atoms with E-state index in [1.165, 1.54) is 0 Å². The number of ether oxygens (including phenoxy) is 3. The SMILES string of the molecule is COc1ccc(CNC(=S)NNC(=O)C2COc3ccccc3O2)cc1. The van der Waals surface area contributed by atoms with Crippen molar-refractivity contribution in [3.05, 3.63) is 54.1 Å². The Bertz CT molecular complexity index is 782. The van der Waals surface area contributed by atoms with E-state index in [2.05, 4.69) is 16.2 Å². The van der Waals surface area contributed by atoms with Crippen LogP contribution in [0, 0.1) is 0 Å². The van der Waals surface area contributed by atoms with Gasteiger partial charge in [-0.25, -0.2) is 0 Å². The number of hydrogen-bond acceptors (Lipinski definition) is 5. The molecule has 0 saturated heterocycles. The van der Waals surface area contributed by atoms with Crippen LogP contribution >= 0.6 is 12.2 Å². The number of carbonyl (C=O) groups is 1. The molecule has 0 radical (unpaired) electrons. The molecule has 1 aliphatic heterocycles. The first-order valence-electron chi connectivity index (χ1n) is 8.01. The van der Waals surface area contributed by atoms with Crippen molar-refractivity contribution >= 4 is 23.2 Å². The van der Waals surface area contributed by atoms with E-state index in [9.17, 15) is 4.79 Å². The third-order valence-electron chi connectivity index (χ3n) is 3.71. The molecule has 1 unspecified atom stereocenters. The third kappa shape index (κ3) is 4.54. The van der Waals surface area contributed by atoms with Crippen LogP contribution < -0.4 is 30.4 Å². The van der Waals surface area contributed by atoms with Crippen LogP contribution in [0.2, 0.25) is 0 Å². The van der Waals surface area contributed by atoms with E-state index in [0.29, 0.717) is 23.2 Å². The molecule has 136 valence electrons. The smallest absolute Gasteiger partial charge is 0.283 e. The maximum atomic E-state index is 12.2. The number of para-hydroxylation sites is 2. The molecule has 0 aromatic heterocycles. The first kappa shape index (κ1) is 17.8. The molecular weight excluding hydrogens is 354 g/mol. The Labute approximate surface area is 156 Å². The number of carbonyl (C=O) groups excluding carboxylic acids is 1. The fraction of sp³-hybridized carbons (Fsp3) is 0.222. The predicted octanol–water partition coefficient (Wildman–Crippen LogP) is 1.53. The van der Waals surface area contributed by atoms with Crippen LogP contribution in [0.1, 0.15) is 5.56 Å². The van der Waals surface area contributed by atoms with Crippen LogP contribution in [0.15, 0.2) is 48.5 Å². The van der Waals surface area contributed by atoms with Crippen molar-refractivity contribution in [1.29, 1.82) is 0 Å². The van der Waals surface area contributed by atoms with Crippen molar-refractivity contribution in [2.45, 2.75) is 12.6 Å². The Hall–Kier alpha value is -3.00. The summed E-state index contributed by atoms with van der Waals surface area (Å²) in [6.45, 7) is 0.651. The lowest BCUT2D eigenvalue weighted by Gasteiger charge is -2.25. The van der Waals surface area contributed by atoms with Crippen molar-refractivity contribution in [2.75, 3.05) is 13.7 Å². The minimum atomic E-state index is -0.748. The third-order valence-corrected chi connectivity index (χ3v) is 3.96. The minimum Gasteiger partial charge on any atom is -0.497 e. The molecule has 1 amide bonds. The molecule has 2 aromatic rings. The number of fused-ring (bicyclic) bond motifs is 1. The molecule has 3 N–H and O–H groups in total. The predicted molar refractivity (Wildman–Crippen MR) is 100 cm³/mol. The van der Waals surface area contributed by atoms with E-state index >= 15 is 0 Å². The number of benzene rings is 2. The molecule has 1 atom stereocenters. The normalized spacial score (nSPS) is 14.9. The summed E-state index contributed by atoms with van der Waals surface area (Å²) >= 11 is 5.15. The van der Waals surface area contributed by atoms with Gasteiger partial charge in [-0.3, -0.25) is 15.6 Å². The van der Waals surface area contributed by atoms with Crippen molar-refractivity contribution in [3.63, 3.8) is 0 Å². The van der Waals surface area contributed by atoms with Crippen molar-refractivity contribution in [3.8, 4) is 17.2 Å². The molecule has 26 heavy (non-hydrogen) atoms. The van der Waals surface area contributed by atoms with E-state index in [1.54, 1.807) is 19.2 Å². The van der Waals surface area contributed by atoms with E-state index in [4.69, 9.17) is 26.4 Å². The summed E-state index contributed by atoms with van der Waals surface area (Å²) in [5.74, 6) is 1.59. The Morgan fingerprint density at radius 2 is 1.88 bits per heavy atom. The average Bonchev–Trinajstić information content (AvgIpc) is 2.70. The second kappa shape index (κ2) is 8.39. The van der Waals surface area contributed by atoms with Crippen molar-refractivity contribution in [1.82, 2.24) is 16.2 Å². The van der Waals surface area contributed by atoms with Gasteiger partial charge in [-0.05, 0) is 42.0 Å². The van der Waals surface area contributed by atoms with Crippen LogP contribution in [0.25, 0.3) is 0 Å². The fourth-order valence-corrected chi connectivity index (χ4v) is 2.44. The molecule has 1 aliphatic rings. The molecule has 2 aromatic carbocycles. The first-order valence-corrected chi connectivity index (χ1v) is 8.41. The van der Waals surface area contributed by atoms with Gasteiger partial charge in [0.25, 0.3) is 5.91 Å². The van der Waals surface area contributed by atoms with E-state index in [1.807, 2.05) is 36.4 Å². The molecule has 1 heterocycles. The Kier molecular flexibility index (Phi) is 5.75. The van der Waals surface area contributed by atoms with Crippen LogP contribution in [0.5, 0.6) is 17.2 Å². The van der Waals surface area contributed by atoms with E-state index in [0.717, 1.165) is 11.3 Å². The zero-order chi connectivity index (χ0) is 18.4. The van der Waals surface area contributed by atoms with Gasteiger partial charge in [0.15, 0.2) is 16.6 Å². The maximum absolute atomic E-state index is 12.2. The summed E-state index contributed by atoms with van der Waals surface area (Å²) in [5.41, 5.74) is 6.21. The van der Waals surface area contributed by atoms with Crippen LogP contribution in [0.4, 0.5) is 0 Å². The topological polar surface area (TPSA) is 80.9 Å². The number of nitrogens with one attached hydrogen (secondary N) is 3. The Balaban J connectivity index is 1.42. The minimum absolute atomic E-state index is 0.135. The highest BCUT2D eigenvalue weighted by molar-refractivity contribution is 7.80. The Morgan fingerprint density at radius 3 is 2.62 bits per heavy atom. The zero-order valence-electron chi connectivity index (χ0n) is 14.2. The summed E-state index contributed by atoms with van der Waals surface area (Å²) in [5, 5.41) is 3.30. The second-order valence-corrected chi connectivity index (χ2v) is 5.92. The molecule has 7 nitrogen and oxygen atoms in total. The van der Waals surface area contributed by atoms with Gasteiger partial charge in [0.2, 0.25) is 6.10 Å². The number of hydrogen-bond donors (Lipinski definition) is 3. The van der Waals surface area contributed by atoms with Crippen LogP contribution in [0.3, 0.4) is 0 Å². The molecule has 3 rings (SSSR count). The highest BCUT2D eigenvalue weighted by Crippen LogP contribution is 2.30. The van der Waals surface area contributed by atoms with Gasteiger partial charge >= 0.3 is 0 Å². The summed E-state index contributed by atoms with van der Waals surface area (Å²) < 4.78 is 16.3. The molecule has 0 aliphatic carbocycles. The quantitative estimate of drug-likeness (QED) is 0.554. The van der Waals surface area contributed by atoms with Crippen molar-refractivity contribution in [2.24, 2.45) is 0 Å². The highest BCUT2D eigenvalue weighted by atomic mass is 32.1. The van der Waals surface area contributed by atoms with Gasteiger partial charge in [0, 0.05) is 6.54 Å². The lowest BCUT2D eigenvalue weighted by molar-refractivity contribution is -0.130. The van der Waals surface area contributed by atoms with Gasteiger partial charge in [-0.15, -0.1) is 0 Å². The monoisotopic (exact) mass is 373 g/mol. The largest absolute Gasteiger partial charge is 0.497 e. The summed E-state index contributed by atoms with van der Waals surface area (Å²) in [6, 6.07) is 14.8. The molecule has 0 fully saturated rings. The fourth-order valence-electron chi connectivity index (χ4n) is 2.32.